The molecule has 1 aromatic carbocycles. The molecule has 2 rings (SSSR count). The van der Waals surface area contributed by atoms with Gasteiger partial charge in [0.2, 0.25) is 0 Å². The maximum atomic E-state index is 10.5. The molecule has 0 amide bonds. The molecular formula is C10H9NO2S. The lowest BCUT2D eigenvalue weighted by Crippen LogP contribution is -2.10. The van der Waals surface area contributed by atoms with E-state index in [-0.39, 0.29) is 0 Å². The highest BCUT2D eigenvalue weighted by atomic mass is 32.2. The number of rotatable bonds is 1. The van der Waals surface area contributed by atoms with Crippen LogP contribution in [-0.2, 0) is 4.79 Å². The molecule has 0 atom stereocenters. The third kappa shape index (κ3) is 1.48. The summed E-state index contributed by atoms with van der Waals surface area (Å²) in [4.78, 5) is 13.5. The summed E-state index contributed by atoms with van der Waals surface area (Å²) in [5, 5.41) is 9.40. The molecule has 0 unspecified atom stereocenters. The van der Waals surface area contributed by atoms with Gasteiger partial charge in [-0.25, -0.2) is 4.79 Å². The van der Waals surface area contributed by atoms with Crippen LogP contribution in [0.2, 0.25) is 0 Å². The number of thioether (sulfide) groups is 1. The fourth-order valence-electron chi connectivity index (χ4n) is 1.35. The van der Waals surface area contributed by atoms with E-state index in [1.165, 1.54) is 17.8 Å². The maximum Gasteiger partial charge on any atom is 0.330 e. The molecule has 0 aliphatic carbocycles. The predicted octanol–water partition coefficient (Wildman–Crippen LogP) is 2.15. The quantitative estimate of drug-likeness (QED) is 0.716. The van der Waals surface area contributed by atoms with Crippen molar-refractivity contribution in [3.05, 3.63) is 35.4 Å². The SMILES string of the molecule is CN1C(=CC(=O)O)Sc2ccccc21. The highest BCUT2D eigenvalue weighted by Gasteiger charge is 2.21. The van der Waals surface area contributed by atoms with Gasteiger partial charge >= 0.3 is 5.97 Å². The Morgan fingerprint density at radius 1 is 1.50 bits per heavy atom. The average Bonchev–Trinajstić information content (AvgIpc) is 2.44. The Balaban J connectivity index is 2.39. The molecule has 1 aliphatic heterocycles. The number of carboxylic acids is 1. The summed E-state index contributed by atoms with van der Waals surface area (Å²) in [6.07, 6.45) is 1.23. The van der Waals surface area contributed by atoms with Crippen molar-refractivity contribution in [2.45, 2.75) is 4.90 Å². The summed E-state index contributed by atoms with van der Waals surface area (Å²) in [5.41, 5.74) is 1.06. The van der Waals surface area contributed by atoms with Crippen LogP contribution in [0.3, 0.4) is 0 Å². The fraction of sp³-hybridized carbons (Fsp3) is 0.100. The number of hydrogen-bond acceptors (Lipinski definition) is 3. The Bertz CT molecular complexity index is 414. The van der Waals surface area contributed by atoms with E-state index in [9.17, 15) is 4.79 Å². The van der Waals surface area contributed by atoms with Gasteiger partial charge in [0.1, 0.15) is 0 Å². The molecule has 0 radical (unpaired) electrons. The van der Waals surface area contributed by atoms with E-state index in [4.69, 9.17) is 5.11 Å². The van der Waals surface area contributed by atoms with E-state index in [1.54, 1.807) is 0 Å². The topological polar surface area (TPSA) is 40.5 Å². The number of aliphatic carboxylic acids is 1. The maximum absolute atomic E-state index is 10.5. The van der Waals surface area contributed by atoms with E-state index < -0.39 is 5.97 Å². The van der Waals surface area contributed by atoms with Crippen LogP contribution in [0, 0.1) is 0 Å². The lowest BCUT2D eigenvalue weighted by molar-refractivity contribution is -0.131. The Morgan fingerprint density at radius 3 is 2.86 bits per heavy atom. The zero-order chi connectivity index (χ0) is 10.1. The molecule has 0 aromatic heterocycles. The van der Waals surface area contributed by atoms with Gasteiger partial charge in [-0.15, -0.1) is 0 Å². The van der Waals surface area contributed by atoms with Gasteiger partial charge < -0.3 is 10.0 Å². The highest BCUT2D eigenvalue weighted by molar-refractivity contribution is 8.03. The van der Waals surface area contributed by atoms with Crippen LogP contribution in [0.4, 0.5) is 5.69 Å². The Kier molecular flexibility index (Phi) is 2.21. The molecule has 4 heteroatoms. The molecule has 3 nitrogen and oxygen atoms in total. The molecule has 1 aromatic rings. The molecule has 0 saturated carbocycles. The summed E-state index contributed by atoms with van der Waals surface area (Å²) in [6, 6.07) is 7.85. The Hall–Kier alpha value is -1.42. The molecule has 1 aliphatic rings. The standard InChI is InChI=1S/C10H9NO2S/c1-11-7-4-2-3-5-8(7)14-9(11)6-10(12)13/h2-6H,1H3,(H,12,13). The first-order chi connectivity index (χ1) is 6.68. The summed E-state index contributed by atoms with van der Waals surface area (Å²) in [6.45, 7) is 0. The molecule has 0 spiro atoms. The fourth-order valence-corrected chi connectivity index (χ4v) is 2.43. The summed E-state index contributed by atoms with van der Waals surface area (Å²) < 4.78 is 0. The van der Waals surface area contributed by atoms with Crippen molar-refractivity contribution in [1.82, 2.24) is 0 Å². The Labute approximate surface area is 86.0 Å². The summed E-state index contributed by atoms with van der Waals surface area (Å²) in [7, 11) is 1.87. The van der Waals surface area contributed by atoms with E-state index in [0.29, 0.717) is 0 Å². The summed E-state index contributed by atoms with van der Waals surface area (Å²) in [5.74, 6) is -0.910. The average molecular weight is 207 g/mol. The van der Waals surface area contributed by atoms with Gasteiger partial charge in [0.25, 0.3) is 0 Å². The second-order valence-corrected chi connectivity index (χ2v) is 4.01. The van der Waals surface area contributed by atoms with E-state index >= 15 is 0 Å². The second kappa shape index (κ2) is 3.38. The number of anilines is 1. The van der Waals surface area contributed by atoms with Crippen LogP contribution in [0.5, 0.6) is 0 Å². The van der Waals surface area contributed by atoms with Crippen molar-refractivity contribution < 1.29 is 9.90 Å². The lowest BCUT2D eigenvalue weighted by Gasteiger charge is -2.11. The molecule has 0 fully saturated rings. The first-order valence-corrected chi connectivity index (χ1v) is 4.95. The molecule has 0 saturated heterocycles. The zero-order valence-corrected chi connectivity index (χ0v) is 8.41. The van der Waals surface area contributed by atoms with Crippen molar-refractivity contribution >= 4 is 23.4 Å². The predicted molar refractivity (Wildman–Crippen MR) is 56.4 cm³/mol. The van der Waals surface area contributed by atoms with Gasteiger partial charge in [0.15, 0.2) is 0 Å². The number of hydrogen-bond donors (Lipinski definition) is 1. The van der Waals surface area contributed by atoms with Crippen molar-refractivity contribution in [1.29, 1.82) is 0 Å². The molecule has 72 valence electrons. The largest absolute Gasteiger partial charge is 0.478 e. The zero-order valence-electron chi connectivity index (χ0n) is 7.60. The van der Waals surface area contributed by atoms with Gasteiger partial charge in [-0.3, -0.25) is 0 Å². The third-order valence-electron chi connectivity index (χ3n) is 2.02. The third-order valence-corrected chi connectivity index (χ3v) is 3.18. The molecule has 1 N–H and O–H groups in total. The minimum Gasteiger partial charge on any atom is -0.478 e. The van der Waals surface area contributed by atoms with Crippen LogP contribution in [0.25, 0.3) is 0 Å². The molecular weight excluding hydrogens is 198 g/mol. The number of benzene rings is 1. The molecule has 14 heavy (non-hydrogen) atoms. The highest BCUT2D eigenvalue weighted by Crippen LogP contribution is 2.44. The van der Waals surface area contributed by atoms with Crippen molar-refractivity contribution in [3.8, 4) is 0 Å². The van der Waals surface area contributed by atoms with Gasteiger partial charge in [-0.2, -0.15) is 0 Å². The number of nitrogens with zero attached hydrogens (tertiary/aromatic N) is 1. The van der Waals surface area contributed by atoms with E-state index in [0.717, 1.165) is 15.6 Å². The van der Waals surface area contributed by atoms with Crippen molar-refractivity contribution in [3.63, 3.8) is 0 Å². The molecule has 0 bridgehead atoms. The van der Waals surface area contributed by atoms with Crippen molar-refractivity contribution in [2.24, 2.45) is 0 Å². The van der Waals surface area contributed by atoms with Crippen LogP contribution >= 0.6 is 11.8 Å². The van der Waals surface area contributed by atoms with Gasteiger partial charge in [-0.1, -0.05) is 23.9 Å². The smallest absolute Gasteiger partial charge is 0.330 e. The normalized spacial score (nSPS) is 17.2. The van der Waals surface area contributed by atoms with Crippen molar-refractivity contribution in [2.75, 3.05) is 11.9 Å². The number of carbonyl (C=O) groups is 1. The number of para-hydroxylation sites is 1. The Morgan fingerprint density at radius 2 is 2.21 bits per heavy atom. The number of fused-ring (bicyclic) bond motifs is 1. The first-order valence-electron chi connectivity index (χ1n) is 4.14. The first kappa shape index (κ1) is 9.15. The second-order valence-electron chi connectivity index (χ2n) is 2.95. The minimum absolute atomic E-state index is 0.749. The van der Waals surface area contributed by atoms with Crippen LogP contribution in [-0.4, -0.2) is 18.1 Å². The van der Waals surface area contributed by atoms with E-state index in [1.807, 2.05) is 36.2 Å². The molecule has 1 heterocycles. The monoisotopic (exact) mass is 207 g/mol. The van der Waals surface area contributed by atoms with Gasteiger partial charge in [0, 0.05) is 11.9 Å². The van der Waals surface area contributed by atoms with E-state index in [2.05, 4.69) is 0 Å². The lowest BCUT2D eigenvalue weighted by atomic mass is 10.3. The minimum atomic E-state index is -0.910. The summed E-state index contributed by atoms with van der Waals surface area (Å²) >= 11 is 1.48. The number of carboxylic acid groups (broad SMARTS) is 1. The van der Waals surface area contributed by atoms with Gasteiger partial charge in [0.05, 0.1) is 16.8 Å². The van der Waals surface area contributed by atoms with Crippen LogP contribution in [0.1, 0.15) is 0 Å². The van der Waals surface area contributed by atoms with Crippen LogP contribution in [0.15, 0.2) is 40.3 Å². The van der Waals surface area contributed by atoms with Gasteiger partial charge in [-0.05, 0) is 12.1 Å². The van der Waals surface area contributed by atoms with Crippen LogP contribution < -0.4 is 4.90 Å².